The fraction of sp³-hybridized carbons (Fsp3) is 0.333. The van der Waals surface area contributed by atoms with Crippen LogP contribution in [0.3, 0.4) is 0 Å². The van der Waals surface area contributed by atoms with Gasteiger partial charge in [0.05, 0.1) is 5.56 Å². The number of halogens is 3. The zero-order valence-corrected chi connectivity index (χ0v) is 14.7. The number of amides is 1. The summed E-state index contributed by atoms with van der Waals surface area (Å²) < 4.78 is 48.1. The highest BCUT2D eigenvalue weighted by atomic mass is 19.4. The number of carbonyl (C=O) groups is 2. The lowest BCUT2D eigenvalue weighted by Crippen LogP contribution is -2.30. The van der Waals surface area contributed by atoms with Crippen LogP contribution in [0.4, 0.5) is 18.9 Å². The molecule has 2 aromatic rings. The van der Waals surface area contributed by atoms with E-state index in [1.807, 2.05) is 0 Å². The first kappa shape index (κ1) is 19.6. The number of aryl methyl sites for hydroxylation is 2. The van der Waals surface area contributed by atoms with E-state index in [-0.39, 0.29) is 11.3 Å². The van der Waals surface area contributed by atoms with E-state index in [0.29, 0.717) is 17.1 Å². The number of ether oxygens (including phenoxy) is 1. The molecule has 140 valence electrons. The Balaban J connectivity index is 2.02. The minimum Gasteiger partial charge on any atom is -0.465 e. The predicted molar refractivity (Wildman–Crippen MR) is 87.9 cm³/mol. The summed E-state index contributed by atoms with van der Waals surface area (Å²) in [7, 11) is 0. The summed E-state index contributed by atoms with van der Waals surface area (Å²) in [5.74, 6) is -0.391. The summed E-state index contributed by atoms with van der Waals surface area (Å²) in [5.41, 5.74) is 0.230. The summed E-state index contributed by atoms with van der Waals surface area (Å²) in [5, 5.41) is 2.40. The summed E-state index contributed by atoms with van der Waals surface area (Å²) in [6.45, 7) is 6.40. The van der Waals surface area contributed by atoms with Crippen molar-refractivity contribution in [2.24, 2.45) is 0 Å². The van der Waals surface area contributed by atoms with Crippen molar-refractivity contribution in [1.29, 1.82) is 0 Å². The molecule has 26 heavy (non-hydrogen) atoms. The first-order chi connectivity index (χ1) is 12.0. The van der Waals surface area contributed by atoms with Crippen LogP contribution in [0.1, 0.15) is 39.9 Å². The second kappa shape index (κ2) is 7.23. The van der Waals surface area contributed by atoms with Gasteiger partial charge in [-0.1, -0.05) is 0 Å². The van der Waals surface area contributed by atoms with Crippen molar-refractivity contribution in [3.63, 3.8) is 0 Å². The first-order valence-electron chi connectivity index (χ1n) is 7.76. The Morgan fingerprint density at radius 1 is 1.08 bits per heavy atom. The van der Waals surface area contributed by atoms with Gasteiger partial charge in [0.25, 0.3) is 5.91 Å². The number of hydrogen-bond donors (Lipinski definition) is 1. The largest absolute Gasteiger partial charge is 0.465 e. The van der Waals surface area contributed by atoms with Gasteiger partial charge >= 0.3 is 12.1 Å². The second-order valence-corrected chi connectivity index (χ2v) is 5.83. The highest BCUT2D eigenvalue weighted by molar-refractivity contribution is 5.98. The smallest absolute Gasteiger partial charge is 0.416 e. The van der Waals surface area contributed by atoms with E-state index in [4.69, 9.17) is 9.15 Å². The molecular formula is C18H18F3NO4. The molecule has 5 nitrogen and oxygen atoms in total. The van der Waals surface area contributed by atoms with Crippen molar-refractivity contribution in [2.45, 2.75) is 40.0 Å². The molecule has 8 heteroatoms. The standard InChI is InChI=1S/C18H18F3NO4/c1-9-10(2)25-11(3)15(9)17(24)26-12(4)16(23)22-14-7-5-13(6-8-14)18(19,20)21/h5-8,12H,1-4H3,(H,22,23)/t12-/m0/s1. The van der Waals surface area contributed by atoms with Gasteiger partial charge in [0.15, 0.2) is 6.10 Å². The number of benzene rings is 1. The van der Waals surface area contributed by atoms with Crippen LogP contribution in [0.15, 0.2) is 28.7 Å². The number of rotatable bonds is 4. The zero-order chi connectivity index (χ0) is 19.6. The predicted octanol–water partition coefficient (Wildman–Crippen LogP) is 4.41. The Labute approximate surface area is 148 Å². The van der Waals surface area contributed by atoms with E-state index >= 15 is 0 Å². The molecule has 0 aliphatic rings. The fourth-order valence-corrected chi connectivity index (χ4v) is 2.35. The highest BCUT2D eigenvalue weighted by Gasteiger charge is 2.30. The van der Waals surface area contributed by atoms with Crippen molar-refractivity contribution in [3.05, 3.63) is 52.5 Å². The zero-order valence-electron chi connectivity index (χ0n) is 14.7. The summed E-state index contributed by atoms with van der Waals surface area (Å²) in [6.07, 6.45) is -5.59. The molecule has 2 rings (SSSR count). The molecule has 0 unspecified atom stereocenters. The van der Waals surface area contributed by atoms with Gasteiger partial charge in [0, 0.05) is 11.3 Å². The second-order valence-electron chi connectivity index (χ2n) is 5.83. The van der Waals surface area contributed by atoms with Crippen LogP contribution < -0.4 is 5.32 Å². The molecule has 0 saturated carbocycles. The van der Waals surface area contributed by atoms with Crippen molar-refractivity contribution in [3.8, 4) is 0 Å². The molecule has 1 amide bonds. The van der Waals surface area contributed by atoms with E-state index in [2.05, 4.69) is 5.32 Å². The number of furan rings is 1. The topological polar surface area (TPSA) is 68.5 Å². The molecule has 0 fully saturated rings. The average molecular weight is 369 g/mol. The molecule has 1 aromatic carbocycles. The van der Waals surface area contributed by atoms with Crippen LogP contribution >= 0.6 is 0 Å². The van der Waals surface area contributed by atoms with Gasteiger partial charge in [-0.15, -0.1) is 0 Å². The van der Waals surface area contributed by atoms with E-state index < -0.39 is 29.7 Å². The monoisotopic (exact) mass is 369 g/mol. The average Bonchev–Trinajstić information content (AvgIpc) is 2.79. The molecule has 1 heterocycles. The van der Waals surface area contributed by atoms with Crippen LogP contribution in [-0.2, 0) is 15.7 Å². The van der Waals surface area contributed by atoms with Gasteiger partial charge in [0.1, 0.15) is 17.1 Å². The number of hydrogen-bond acceptors (Lipinski definition) is 4. The Kier molecular flexibility index (Phi) is 5.44. The van der Waals surface area contributed by atoms with Gasteiger partial charge in [-0.25, -0.2) is 4.79 Å². The summed E-state index contributed by atoms with van der Waals surface area (Å²) in [4.78, 5) is 24.3. The molecule has 0 aliphatic carbocycles. The van der Waals surface area contributed by atoms with Gasteiger partial charge in [-0.2, -0.15) is 13.2 Å². The molecule has 1 N–H and O–H groups in total. The van der Waals surface area contributed by atoms with Crippen molar-refractivity contribution >= 4 is 17.6 Å². The molecule has 0 aliphatic heterocycles. The van der Waals surface area contributed by atoms with E-state index in [1.165, 1.54) is 6.92 Å². The third kappa shape index (κ3) is 4.25. The SMILES string of the molecule is Cc1oc(C)c(C(=O)O[C@@H](C)C(=O)Nc2ccc(C(F)(F)F)cc2)c1C. The molecule has 1 atom stereocenters. The van der Waals surface area contributed by atoms with Crippen LogP contribution in [-0.4, -0.2) is 18.0 Å². The number of nitrogens with one attached hydrogen (secondary N) is 1. The van der Waals surface area contributed by atoms with Crippen LogP contribution in [0, 0.1) is 20.8 Å². The maximum Gasteiger partial charge on any atom is 0.416 e. The lowest BCUT2D eigenvalue weighted by atomic mass is 10.1. The van der Waals surface area contributed by atoms with Crippen LogP contribution in [0.5, 0.6) is 0 Å². The third-order valence-corrected chi connectivity index (χ3v) is 3.90. The molecule has 0 radical (unpaired) electrons. The van der Waals surface area contributed by atoms with Crippen molar-refractivity contribution < 1.29 is 31.9 Å². The number of carbonyl (C=O) groups excluding carboxylic acids is 2. The normalized spacial score (nSPS) is 12.6. The van der Waals surface area contributed by atoms with E-state index in [9.17, 15) is 22.8 Å². The Bertz CT molecular complexity index is 822. The van der Waals surface area contributed by atoms with E-state index in [0.717, 1.165) is 24.3 Å². The molecule has 1 aromatic heterocycles. The Morgan fingerprint density at radius 2 is 1.65 bits per heavy atom. The van der Waals surface area contributed by atoms with Crippen LogP contribution in [0.2, 0.25) is 0 Å². The quantitative estimate of drug-likeness (QED) is 0.811. The third-order valence-electron chi connectivity index (χ3n) is 3.90. The molecule has 0 bridgehead atoms. The summed E-state index contributed by atoms with van der Waals surface area (Å²) in [6, 6.07) is 3.96. The minimum atomic E-state index is -4.45. The number of esters is 1. The lowest BCUT2D eigenvalue weighted by molar-refractivity contribution is -0.137. The Morgan fingerprint density at radius 3 is 2.12 bits per heavy atom. The number of alkyl halides is 3. The van der Waals surface area contributed by atoms with Crippen molar-refractivity contribution in [1.82, 2.24) is 0 Å². The first-order valence-corrected chi connectivity index (χ1v) is 7.76. The number of anilines is 1. The summed E-state index contributed by atoms with van der Waals surface area (Å²) >= 11 is 0. The maximum atomic E-state index is 12.5. The maximum absolute atomic E-state index is 12.5. The highest BCUT2D eigenvalue weighted by Crippen LogP contribution is 2.30. The van der Waals surface area contributed by atoms with Gasteiger partial charge < -0.3 is 14.5 Å². The minimum absolute atomic E-state index is 0.164. The van der Waals surface area contributed by atoms with Gasteiger partial charge in [0.2, 0.25) is 0 Å². The molecule has 0 saturated heterocycles. The van der Waals surface area contributed by atoms with Gasteiger partial charge in [-0.3, -0.25) is 4.79 Å². The molecular weight excluding hydrogens is 351 g/mol. The van der Waals surface area contributed by atoms with Crippen molar-refractivity contribution in [2.75, 3.05) is 5.32 Å². The Hall–Kier alpha value is -2.77. The van der Waals surface area contributed by atoms with Gasteiger partial charge in [-0.05, 0) is 52.0 Å². The van der Waals surface area contributed by atoms with Crippen LogP contribution in [0.25, 0.3) is 0 Å². The lowest BCUT2D eigenvalue weighted by Gasteiger charge is -2.14. The fourth-order valence-electron chi connectivity index (χ4n) is 2.35. The molecule has 0 spiro atoms. The van der Waals surface area contributed by atoms with E-state index in [1.54, 1.807) is 20.8 Å².